The highest BCUT2D eigenvalue weighted by molar-refractivity contribution is 6.74. The first-order valence-corrected chi connectivity index (χ1v) is 12.9. The number of pyridine rings is 1. The Morgan fingerprint density at radius 3 is 2.52 bits per heavy atom. The molecule has 0 bridgehead atoms. The molecule has 0 atom stereocenters. The summed E-state index contributed by atoms with van der Waals surface area (Å²) in [5.74, 6) is 0. The van der Waals surface area contributed by atoms with Crippen LogP contribution in [-0.4, -0.2) is 17.7 Å². The van der Waals surface area contributed by atoms with Gasteiger partial charge in [-0.15, -0.1) is 0 Å². The summed E-state index contributed by atoms with van der Waals surface area (Å²) in [6, 6.07) is 14.6. The van der Waals surface area contributed by atoms with Crippen molar-refractivity contribution in [2.24, 2.45) is 0 Å². The Bertz CT molecular complexity index is 1120. The van der Waals surface area contributed by atoms with E-state index in [1.54, 1.807) is 12.5 Å². The Kier molecular flexibility index (Phi) is 4.96. The lowest BCUT2D eigenvalue weighted by molar-refractivity contribution is 0.277. The van der Waals surface area contributed by atoms with Gasteiger partial charge in [-0.2, -0.15) is 0 Å². The molecule has 0 N–H and O–H groups in total. The summed E-state index contributed by atoms with van der Waals surface area (Å²) >= 11 is 0. The monoisotopic (exact) mass is 404 g/mol. The maximum atomic E-state index is 6.49. The molecule has 3 heterocycles. The van der Waals surface area contributed by atoms with Crippen molar-refractivity contribution in [3.8, 4) is 22.4 Å². The molecular formula is C24H28N2O2Si. The van der Waals surface area contributed by atoms with Crippen molar-refractivity contribution in [1.29, 1.82) is 0 Å². The fourth-order valence-corrected chi connectivity index (χ4v) is 4.05. The topological polar surface area (TPSA) is 39.7 Å². The van der Waals surface area contributed by atoms with E-state index in [0.29, 0.717) is 6.61 Å². The Balaban J connectivity index is 1.66. The van der Waals surface area contributed by atoms with Crippen molar-refractivity contribution < 1.29 is 8.84 Å². The quantitative estimate of drug-likeness (QED) is 0.344. The van der Waals surface area contributed by atoms with Crippen LogP contribution in [0.2, 0.25) is 18.1 Å². The minimum atomic E-state index is -1.81. The third kappa shape index (κ3) is 3.93. The zero-order valence-corrected chi connectivity index (χ0v) is 18.8. The second-order valence-corrected chi connectivity index (χ2v) is 13.8. The van der Waals surface area contributed by atoms with Crippen LogP contribution in [0, 0.1) is 0 Å². The van der Waals surface area contributed by atoms with E-state index in [2.05, 4.69) is 80.9 Å². The van der Waals surface area contributed by atoms with Gasteiger partial charge in [0.25, 0.3) is 0 Å². The van der Waals surface area contributed by atoms with Crippen molar-refractivity contribution in [3.05, 3.63) is 72.9 Å². The molecule has 0 spiro atoms. The number of aromatic nitrogens is 2. The van der Waals surface area contributed by atoms with Crippen molar-refractivity contribution in [2.45, 2.75) is 45.5 Å². The van der Waals surface area contributed by atoms with Crippen LogP contribution in [-0.2, 0) is 11.0 Å². The number of imidazole rings is 1. The smallest absolute Gasteiger partial charge is 0.192 e. The molecule has 1 aromatic carbocycles. The van der Waals surface area contributed by atoms with Gasteiger partial charge in [0.1, 0.15) is 5.65 Å². The third-order valence-corrected chi connectivity index (χ3v) is 10.5. The maximum Gasteiger partial charge on any atom is 0.192 e. The van der Waals surface area contributed by atoms with E-state index in [-0.39, 0.29) is 5.04 Å². The predicted molar refractivity (Wildman–Crippen MR) is 120 cm³/mol. The van der Waals surface area contributed by atoms with E-state index in [0.717, 1.165) is 22.5 Å². The van der Waals surface area contributed by atoms with Gasteiger partial charge in [0, 0.05) is 18.0 Å². The molecule has 4 aromatic rings. The van der Waals surface area contributed by atoms with E-state index in [9.17, 15) is 0 Å². The number of hydrogen-bond donors (Lipinski definition) is 0. The third-order valence-electron chi connectivity index (χ3n) is 5.99. The molecule has 0 aliphatic heterocycles. The first-order valence-electron chi connectivity index (χ1n) is 9.98. The molecule has 0 aliphatic rings. The van der Waals surface area contributed by atoms with Crippen molar-refractivity contribution in [1.82, 2.24) is 9.38 Å². The van der Waals surface area contributed by atoms with Crippen LogP contribution in [0.25, 0.3) is 28.0 Å². The first-order chi connectivity index (χ1) is 13.7. The van der Waals surface area contributed by atoms with Crippen molar-refractivity contribution in [3.63, 3.8) is 0 Å². The summed E-state index contributed by atoms with van der Waals surface area (Å²) in [6.45, 7) is 12.0. The van der Waals surface area contributed by atoms with Crippen molar-refractivity contribution in [2.75, 3.05) is 0 Å². The highest BCUT2D eigenvalue weighted by atomic mass is 28.4. The zero-order chi connectivity index (χ0) is 20.6. The number of hydrogen-bond acceptors (Lipinski definition) is 3. The van der Waals surface area contributed by atoms with Gasteiger partial charge in [-0.1, -0.05) is 45.0 Å². The normalized spacial score (nSPS) is 12.6. The molecule has 0 amide bonds. The molecule has 0 fully saturated rings. The molecule has 150 valence electrons. The van der Waals surface area contributed by atoms with Gasteiger partial charge >= 0.3 is 0 Å². The number of rotatable bonds is 5. The Morgan fingerprint density at radius 1 is 1.00 bits per heavy atom. The van der Waals surface area contributed by atoms with Gasteiger partial charge in [-0.3, -0.25) is 0 Å². The minimum Gasteiger partial charge on any atom is -0.472 e. The Labute approximate surface area is 173 Å². The molecule has 4 nitrogen and oxygen atoms in total. The van der Waals surface area contributed by atoms with Gasteiger partial charge in [0.05, 0.1) is 24.8 Å². The number of fused-ring (bicyclic) bond motifs is 1. The largest absolute Gasteiger partial charge is 0.472 e. The van der Waals surface area contributed by atoms with Crippen LogP contribution < -0.4 is 0 Å². The lowest BCUT2D eigenvalue weighted by atomic mass is 10.0. The highest BCUT2D eigenvalue weighted by Crippen LogP contribution is 2.37. The van der Waals surface area contributed by atoms with Crippen LogP contribution in [0.1, 0.15) is 26.3 Å². The van der Waals surface area contributed by atoms with Crippen LogP contribution in [0.4, 0.5) is 0 Å². The molecule has 4 rings (SSSR count). The molecule has 29 heavy (non-hydrogen) atoms. The van der Waals surface area contributed by atoms with E-state index < -0.39 is 8.32 Å². The summed E-state index contributed by atoms with van der Waals surface area (Å²) in [7, 11) is -1.81. The van der Waals surface area contributed by atoms with E-state index in [1.807, 2.05) is 12.3 Å². The average Bonchev–Trinajstić information content (AvgIpc) is 3.34. The molecule has 5 heteroatoms. The zero-order valence-electron chi connectivity index (χ0n) is 17.8. The summed E-state index contributed by atoms with van der Waals surface area (Å²) in [5.41, 5.74) is 6.38. The van der Waals surface area contributed by atoms with E-state index >= 15 is 0 Å². The fraction of sp³-hybridized carbons (Fsp3) is 0.292. The predicted octanol–water partition coefficient (Wildman–Crippen LogP) is 6.78. The van der Waals surface area contributed by atoms with Gasteiger partial charge in [-0.05, 0) is 53.0 Å². The lowest BCUT2D eigenvalue weighted by Gasteiger charge is -2.36. The van der Waals surface area contributed by atoms with Crippen LogP contribution >= 0.6 is 0 Å². The molecule has 0 aliphatic carbocycles. The Morgan fingerprint density at radius 2 is 1.79 bits per heavy atom. The van der Waals surface area contributed by atoms with Crippen molar-refractivity contribution >= 4 is 14.0 Å². The molecular weight excluding hydrogens is 376 g/mol. The summed E-state index contributed by atoms with van der Waals surface area (Å²) in [6.07, 6.45) is 7.56. The van der Waals surface area contributed by atoms with Gasteiger partial charge in [-0.25, -0.2) is 4.98 Å². The molecule has 0 saturated heterocycles. The minimum absolute atomic E-state index is 0.196. The summed E-state index contributed by atoms with van der Waals surface area (Å²) in [4.78, 5) is 4.69. The first kappa shape index (κ1) is 19.7. The molecule has 0 saturated carbocycles. The number of nitrogens with zero attached hydrogens (tertiary/aromatic N) is 2. The second-order valence-electron chi connectivity index (χ2n) is 9.03. The highest BCUT2D eigenvalue weighted by Gasteiger charge is 2.37. The van der Waals surface area contributed by atoms with E-state index in [1.165, 1.54) is 11.1 Å². The van der Waals surface area contributed by atoms with Crippen LogP contribution in [0.5, 0.6) is 0 Å². The standard InChI is InChI=1S/C24H28N2O2Si/c1-24(2,3)29(4,5)28-17-19-8-6-7-9-21(19)18-10-11-23-25-22(15-26(23)14-18)20-12-13-27-16-20/h6-16H,17H2,1-5H3. The average molecular weight is 405 g/mol. The van der Waals surface area contributed by atoms with E-state index in [4.69, 9.17) is 13.8 Å². The number of benzene rings is 1. The van der Waals surface area contributed by atoms with Gasteiger partial charge < -0.3 is 13.2 Å². The van der Waals surface area contributed by atoms with Gasteiger partial charge in [0.2, 0.25) is 0 Å². The van der Waals surface area contributed by atoms with Crippen LogP contribution in [0.15, 0.2) is 71.8 Å². The van der Waals surface area contributed by atoms with Crippen LogP contribution in [0.3, 0.4) is 0 Å². The SMILES string of the molecule is CC(C)(C)[Si](C)(C)OCc1ccccc1-c1ccc2nc(-c3ccoc3)cn2c1. The Hall–Kier alpha value is -2.63. The lowest BCUT2D eigenvalue weighted by Crippen LogP contribution is -2.40. The fourth-order valence-electron chi connectivity index (χ4n) is 3.10. The second kappa shape index (κ2) is 7.32. The maximum absolute atomic E-state index is 6.49. The summed E-state index contributed by atoms with van der Waals surface area (Å²) < 4.78 is 13.8. The molecule has 0 radical (unpaired) electrons. The number of furan rings is 1. The van der Waals surface area contributed by atoms with Gasteiger partial charge in [0.15, 0.2) is 8.32 Å². The molecule has 0 unspecified atom stereocenters. The summed E-state index contributed by atoms with van der Waals surface area (Å²) in [5, 5.41) is 0.196. The molecule has 3 aromatic heterocycles.